The van der Waals surface area contributed by atoms with Crippen molar-refractivity contribution >= 4 is 68.8 Å². The molecule has 1 aromatic carbocycles. The molecule has 0 radical (unpaired) electrons. The summed E-state index contributed by atoms with van der Waals surface area (Å²) in [5, 5.41) is 6.81. The van der Waals surface area contributed by atoms with Gasteiger partial charge in [0.1, 0.15) is 10.8 Å². The van der Waals surface area contributed by atoms with Gasteiger partial charge in [-0.1, -0.05) is 52.6 Å². The van der Waals surface area contributed by atoms with Crippen LogP contribution in [0.15, 0.2) is 38.8 Å². The van der Waals surface area contributed by atoms with Crippen molar-refractivity contribution in [1.29, 1.82) is 0 Å². The lowest BCUT2D eigenvalue weighted by Crippen LogP contribution is -2.29. The molecule has 2 amide bonds. The summed E-state index contributed by atoms with van der Waals surface area (Å²) in [5.41, 5.74) is 0.696. The van der Waals surface area contributed by atoms with E-state index in [1.54, 1.807) is 17.5 Å². The molecule has 0 aliphatic rings. The molecule has 0 unspecified atom stereocenters. The van der Waals surface area contributed by atoms with Gasteiger partial charge < -0.3 is 10.6 Å². The Bertz CT molecular complexity index is 796. The number of nitrogens with zero attached hydrogens (tertiary/aromatic N) is 3. The average Bonchev–Trinajstić information content (AvgIpc) is 2.63. The Balaban J connectivity index is 2.17. The van der Waals surface area contributed by atoms with Crippen molar-refractivity contribution in [3.63, 3.8) is 0 Å². The van der Waals surface area contributed by atoms with Crippen LogP contribution in [0.1, 0.15) is 19.8 Å². The van der Waals surface area contributed by atoms with Crippen LogP contribution in [0.4, 0.5) is 16.3 Å². The number of anilines is 2. The third kappa shape index (κ3) is 6.74. The predicted octanol–water partition coefficient (Wildman–Crippen LogP) is 6.00. The van der Waals surface area contributed by atoms with E-state index in [-0.39, 0.29) is 6.03 Å². The molecule has 0 aliphatic heterocycles. The van der Waals surface area contributed by atoms with E-state index in [0.717, 1.165) is 22.2 Å². The van der Waals surface area contributed by atoms with E-state index in [0.29, 0.717) is 28.2 Å². The summed E-state index contributed by atoms with van der Waals surface area (Å²) >= 11 is 12.5. The van der Waals surface area contributed by atoms with Gasteiger partial charge in [0.25, 0.3) is 0 Å². The number of halogens is 2. The molecule has 0 saturated carbocycles. The van der Waals surface area contributed by atoms with Crippen LogP contribution >= 0.6 is 51.2 Å². The first-order valence-corrected chi connectivity index (χ1v) is 11.4. The zero-order valence-electron chi connectivity index (χ0n) is 15.3. The zero-order chi connectivity index (χ0) is 19.8. The summed E-state index contributed by atoms with van der Waals surface area (Å²) in [6, 6.07) is 5.54. The Kier molecular flexibility index (Phi) is 9.01. The van der Waals surface area contributed by atoms with Gasteiger partial charge >= 0.3 is 6.03 Å². The van der Waals surface area contributed by atoms with E-state index in [9.17, 15) is 4.79 Å². The minimum Gasteiger partial charge on any atom is -0.372 e. The molecule has 1 heterocycles. The number of carbonyl (C=O) groups excluding carboxylic acids is 1. The summed E-state index contributed by atoms with van der Waals surface area (Å²) in [7, 11) is 1.77. The second-order valence-electron chi connectivity index (χ2n) is 5.45. The highest BCUT2D eigenvalue weighted by molar-refractivity contribution is 9.10. The molecule has 0 bridgehead atoms. The molecular weight excluding hydrogens is 470 g/mol. The third-order valence-electron chi connectivity index (χ3n) is 3.45. The molecule has 10 heteroatoms. The first-order chi connectivity index (χ1) is 13.0. The van der Waals surface area contributed by atoms with Gasteiger partial charge in [-0.2, -0.15) is 0 Å². The largest absolute Gasteiger partial charge is 0.372 e. The summed E-state index contributed by atoms with van der Waals surface area (Å²) in [5.74, 6) is 0.636. The lowest BCUT2D eigenvalue weighted by molar-refractivity contribution is 0.238. The van der Waals surface area contributed by atoms with Crippen molar-refractivity contribution in [2.24, 2.45) is 0 Å². The summed E-state index contributed by atoms with van der Waals surface area (Å²) in [4.78, 5) is 21.9. The molecule has 1 aromatic heterocycles. The van der Waals surface area contributed by atoms with Crippen LogP contribution in [0.25, 0.3) is 0 Å². The fourth-order valence-electron chi connectivity index (χ4n) is 2.11. The molecule has 146 valence electrons. The third-order valence-corrected chi connectivity index (χ3v) is 6.04. The number of carbonyl (C=O) groups is 1. The first kappa shape index (κ1) is 22.1. The van der Waals surface area contributed by atoms with Crippen LogP contribution in [0, 0.1) is 0 Å². The van der Waals surface area contributed by atoms with Crippen LogP contribution < -0.4 is 10.6 Å². The van der Waals surface area contributed by atoms with Crippen molar-refractivity contribution in [2.45, 2.75) is 29.7 Å². The molecule has 27 heavy (non-hydrogen) atoms. The number of nitrogens with one attached hydrogen (secondary N) is 2. The highest BCUT2D eigenvalue weighted by Gasteiger charge is 2.14. The monoisotopic (exact) mass is 489 g/mol. The van der Waals surface area contributed by atoms with Gasteiger partial charge in [-0.05, 0) is 36.6 Å². The fourth-order valence-corrected chi connectivity index (χ4v) is 4.36. The van der Waals surface area contributed by atoms with Crippen molar-refractivity contribution in [2.75, 3.05) is 30.5 Å². The molecule has 0 fully saturated rings. The van der Waals surface area contributed by atoms with Crippen molar-refractivity contribution in [3.8, 4) is 0 Å². The summed E-state index contributed by atoms with van der Waals surface area (Å²) < 4.78 is 2.57. The molecule has 0 atom stereocenters. The number of amides is 2. The molecular formula is C17H21BrClN5OS2. The van der Waals surface area contributed by atoms with E-state index >= 15 is 0 Å². The maximum absolute atomic E-state index is 12.5. The molecule has 0 saturated heterocycles. The summed E-state index contributed by atoms with van der Waals surface area (Å²) in [6.07, 6.45) is 5.47. The van der Waals surface area contributed by atoms with Gasteiger partial charge in [0.2, 0.25) is 0 Å². The quantitative estimate of drug-likeness (QED) is 0.442. The van der Waals surface area contributed by atoms with E-state index < -0.39 is 0 Å². The number of urea groups is 1. The van der Waals surface area contributed by atoms with E-state index in [4.69, 9.17) is 11.6 Å². The number of rotatable bonds is 8. The van der Waals surface area contributed by atoms with E-state index in [2.05, 4.69) is 43.5 Å². The van der Waals surface area contributed by atoms with Gasteiger partial charge in [-0.15, -0.1) is 0 Å². The van der Waals surface area contributed by atoms with Gasteiger partial charge in [-0.3, -0.25) is 4.31 Å². The lowest BCUT2D eigenvalue weighted by atomic mass is 10.3. The van der Waals surface area contributed by atoms with Crippen LogP contribution in [0.2, 0.25) is 5.15 Å². The molecule has 2 rings (SSSR count). The van der Waals surface area contributed by atoms with Crippen molar-refractivity contribution in [1.82, 2.24) is 14.3 Å². The number of aromatic nitrogens is 2. The van der Waals surface area contributed by atoms with Crippen molar-refractivity contribution in [3.05, 3.63) is 34.0 Å². The van der Waals surface area contributed by atoms with Crippen LogP contribution in [-0.4, -0.2) is 40.2 Å². The number of benzene rings is 1. The van der Waals surface area contributed by atoms with E-state index in [1.165, 1.54) is 23.7 Å². The molecule has 6 nitrogen and oxygen atoms in total. The maximum atomic E-state index is 12.5. The second-order valence-corrected chi connectivity index (χ2v) is 8.59. The molecule has 2 aromatic rings. The standard InChI is InChI=1S/C17H21BrClN5OS2/c1-4-5-6-24(26-3)17(25)22-12-7-11(18)8-13(9-12)27-16-15(19)21-10-14(20-2)23-16/h7-10H,4-6H2,1-3H3,(H,20,23)(H,22,25). The predicted molar refractivity (Wildman–Crippen MR) is 119 cm³/mol. The SMILES string of the molecule is CCCCN(SC)C(=O)Nc1cc(Br)cc(Sc2nc(NC)cnc2Cl)c1. The minimum absolute atomic E-state index is 0.139. The highest BCUT2D eigenvalue weighted by Crippen LogP contribution is 2.34. The first-order valence-electron chi connectivity index (χ1n) is 8.28. The Labute approximate surface area is 181 Å². The van der Waals surface area contributed by atoms with Gasteiger partial charge in [0.15, 0.2) is 5.15 Å². The minimum atomic E-state index is -0.139. The van der Waals surface area contributed by atoms with Crippen LogP contribution in [-0.2, 0) is 0 Å². The smallest absolute Gasteiger partial charge is 0.331 e. The Morgan fingerprint density at radius 3 is 2.81 bits per heavy atom. The average molecular weight is 491 g/mol. The Morgan fingerprint density at radius 1 is 1.37 bits per heavy atom. The van der Waals surface area contributed by atoms with E-state index in [1.807, 2.05) is 24.5 Å². The Morgan fingerprint density at radius 2 is 2.15 bits per heavy atom. The van der Waals surface area contributed by atoms with Gasteiger partial charge in [0, 0.05) is 34.9 Å². The number of unbranched alkanes of at least 4 members (excludes halogenated alkanes) is 1. The second kappa shape index (κ2) is 11.0. The molecule has 2 N–H and O–H groups in total. The summed E-state index contributed by atoms with van der Waals surface area (Å²) in [6.45, 7) is 2.81. The number of hydrogen-bond acceptors (Lipinski definition) is 6. The lowest BCUT2D eigenvalue weighted by Gasteiger charge is -2.20. The maximum Gasteiger partial charge on any atom is 0.331 e. The molecule has 0 aliphatic carbocycles. The number of hydrogen-bond donors (Lipinski definition) is 2. The molecule has 0 spiro atoms. The van der Waals surface area contributed by atoms with Crippen LogP contribution in [0.5, 0.6) is 0 Å². The van der Waals surface area contributed by atoms with Gasteiger partial charge in [0.05, 0.1) is 6.20 Å². The van der Waals surface area contributed by atoms with Crippen molar-refractivity contribution < 1.29 is 4.79 Å². The Hall–Kier alpha value is -1.16. The topological polar surface area (TPSA) is 70.2 Å². The highest BCUT2D eigenvalue weighted by atomic mass is 79.9. The van der Waals surface area contributed by atoms with Gasteiger partial charge in [-0.25, -0.2) is 14.8 Å². The van der Waals surface area contributed by atoms with Crippen LogP contribution in [0.3, 0.4) is 0 Å². The fraction of sp³-hybridized carbons (Fsp3) is 0.353. The normalized spacial score (nSPS) is 10.6. The zero-order valence-corrected chi connectivity index (χ0v) is 19.2.